The SMILES string of the molecule is NC(=O)Nc1ccc(CNC(=O)c2csc(-c3ccco3)n2)cc1. The van der Waals surface area contributed by atoms with Crippen LogP contribution >= 0.6 is 11.3 Å². The summed E-state index contributed by atoms with van der Waals surface area (Å²) in [6.45, 7) is 0.350. The van der Waals surface area contributed by atoms with Crippen LogP contribution in [0.1, 0.15) is 16.1 Å². The van der Waals surface area contributed by atoms with Gasteiger partial charge < -0.3 is 20.8 Å². The third-order valence-corrected chi connectivity index (χ3v) is 4.00. The van der Waals surface area contributed by atoms with Gasteiger partial charge in [0.25, 0.3) is 5.91 Å². The molecule has 0 fully saturated rings. The zero-order chi connectivity index (χ0) is 16.9. The number of hydrogen-bond donors (Lipinski definition) is 3. The molecule has 0 aliphatic carbocycles. The van der Waals surface area contributed by atoms with Crippen LogP contribution in [0.25, 0.3) is 10.8 Å². The van der Waals surface area contributed by atoms with Crippen LogP contribution in [0.2, 0.25) is 0 Å². The monoisotopic (exact) mass is 342 g/mol. The highest BCUT2D eigenvalue weighted by molar-refractivity contribution is 7.13. The van der Waals surface area contributed by atoms with Crippen LogP contribution in [0.4, 0.5) is 10.5 Å². The molecule has 0 radical (unpaired) electrons. The first-order chi connectivity index (χ1) is 11.6. The molecule has 0 bridgehead atoms. The number of carbonyl (C=O) groups is 2. The van der Waals surface area contributed by atoms with E-state index in [0.717, 1.165) is 5.56 Å². The van der Waals surface area contributed by atoms with Crippen molar-refractivity contribution in [3.63, 3.8) is 0 Å². The Morgan fingerprint density at radius 3 is 2.67 bits per heavy atom. The normalized spacial score (nSPS) is 10.3. The summed E-state index contributed by atoms with van der Waals surface area (Å²) in [4.78, 5) is 27.2. The van der Waals surface area contributed by atoms with Crippen molar-refractivity contribution >= 4 is 29.0 Å². The van der Waals surface area contributed by atoms with Crippen molar-refractivity contribution in [2.24, 2.45) is 5.73 Å². The number of aromatic nitrogens is 1. The first-order valence-electron chi connectivity index (χ1n) is 7.05. The zero-order valence-electron chi connectivity index (χ0n) is 12.5. The molecule has 122 valence electrons. The van der Waals surface area contributed by atoms with Crippen molar-refractivity contribution in [3.8, 4) is 10.8 Å². The number of nitrogens with zero attached hydrogens (tertiary/aromatic N) is 1. The molecule has 3 aromatic rings. The van der Waals surface area contributed by atoms with Crippen LogP contribution in [0, 0.1) is 0 Å². The van der Waals surface area contributed by atoms with Gasteiger partial charge in [0.2, 0.25) is 0 Å². The predicted molar refractivity (Wildman–Crippen MR) is 90.6 cm³/mol. The fourth-order valence-electron chi connectivity index (χ4n) is 2.01. The smallest absolute Gasteiger partial charge is 0.316 e. The highest BCUT2D eigenvalue weighted by Gasteiger charge is 2.13. The first-order valence-corrected chi connectivity index (χ1v) is 7.93. The Morgan fingerprint density at radius 2 is 2.00 bits per heavy atom. The van der Waals surface area contributed by atoms with Crippen LogP contribution in [0.15, 0.2) is 52.5 Å². The van der Waals surface area contributed by atoms with Gasteiger partial charge in [0.15, 0.2) is 10.8 Å². The maximum absolute atomic E-state index is 12.1. The van der Waals surface area contributed by atoms with Crippen LogP contribution in [0.3, 0.4) is 0 Å². The standard InChI is InChI=1S/C16H14N4O3S/c17-16(22)19-11-5-3-10(4-6-11)8-18-14(21)12-9-24-15(20-12)13-2-1-7-23-13/h1-7,9H,8H2,(H,18,21)(H3,17,19,22). The van der Waals surface area contributed by atoms with Gasteiger partial charge in [-0.3, -0.25) is 4.79 Å². The summed E-state index contributed by atoms with van der Waals surface area (Å²) in [5, 5.41) is 7.62. The van der Waals surface area contributed by atoms with Gasteiger partial charge in [-0.1, -0.05) is 12.1 Å². The minimum atomic E-state index is -0.619. The second-order valence-electron chi connectivity index (χ2n) is 4.88. The Hall–Kier alpha value is -3.13. The Morgan fingerprint density at radius 1 is 1.21 bits per heavy atom. The Labute approximate surface area is 141 Å². The summed E-state index contributed by atoms with van der Waals surface area (Å²) < 4.78 is 5.26. The minimum Gasteiger partial charge on any atom is -0.462 e. The molecule has 0 spiro atoms. The molecule has 3 amide bonds. The van der Waals surface area contributed by atoms with Crippen molar-refractivity contribution in [1.82, 2.24) is 10.3 Å². The number of anilines is 1. The van der Waals surface area contributed by atoms with Crippen molar-refractivity contribution < 1.29 is 14.0 Å². The number of primary amides is 1. The molecule has 0 atom stereocenters. The van der Waals surface area contributed by atoms with E-state index in [9.17, 15) is 9.59 Å². The summed E-state index contributed by atoms with van der Waals surface area (Å²) in [7, 11) is 0. The molecule has 0 saturated heterocycles. The van der Waals surface area contributed by atoms with Crippen LogP contribution in [-0.4, -0.2) is 16.9 Å². The Balaban J connectivity index is 1.58. The Bertz CT molecular complexity index is 841. The molecule has 2 aromatic heterocycles. The number of thiazole rings is 1. The number of carbonyl (C=O) groups excluding carboxylic acids is 2. The largest absolute Gasteiger partial charge is 0.462 e. The van der Waals surface area contributed by atoms with E-state index < -0.39 is 6.03 Å². The average Bonchev–Trinajstić information content (AvgIpc) is 3.24. The van der Waals surface area contributed by atoms with E-state index in [4.69, 9.17) is 10.2 Å². The summed E-state index contributed by atoms with van der Waals surface area (Å²) in [6, 6.07) is 9.96. The topological polar surface area (TPSA) is 110 Å². The summed E-state index contributed by atoms with van der Waals surface area (Å²) >= 11 is 1.35. The van der Waals surface area contributed by atoms with E-state index in [1.165, 1.54) is 11.3 Å². The van der Waals surface area contributed by atoms with Gasteiger partial charge in [-0.2, -0.15) is 0 Å². The van der Waals surface area contributed by atoms with Gasteiger partial charge in [-0.15, -0.1) is 11.3 Å². The number of furan rings is 1. The van der Waals surface area contributed by atoms with Crippen LogP contribution in [-0.2, 0) is 6.54 Å². The molecule has 1 aromatic carbocycles. The third-order valence-electron chi connectivity index (χ3n) is 3.14. The van der Waals surface area contributed by atoms with E-state index in [-0.39, 0.29) is 5.91 Å². The Kier molecular flexibility index (Phi) is 4.57. The lowest BCUT2D eigenvalue weighted by Crippen LogP contribution is -2.23. The molecular formula is C16H14N4O3S. The third kappa shape index (κ3) is 3.79. The summed E-state index contributed by atoms with van der Waals surface area (Å²) in [5.41, 5.74) is 6.87. The van der Waals surface area contributed by atoms with Gasteiger partial charge in [-0.25, -0.2) is 9.78 Å². The molecule has 0 aliphatic rings. The lowest BCUT2D eigenvalue weighted by atomic mass is 10.2. The number of rotatable bonds is 5. The summed E-state index contributed by atoms with van der Waals surface area (Å²) in [5.74, 6) is 0.375. The lowest BCUT2D eigenvalue weighted by Gasteiger charge is -2.05. The van der Waals surface area contributed by atoms with Gasteiger partial charge in [0.1, 0.15) is 5.69 Å². The number of nitrogens with two attached hydrogens (primary N) is 1. The molecule has 4 N–H and O–H groups in total. The maximum atomic E-state index is 12.1. The molecular weight excluding hydrogens is 328 g/mol. The fourth-order valence-corrected chi connectivity index (χ4v) is 2.78. The quantitative estimate of drug-likeness (QED) is 0.662. The highest BCUT2D eigenvalue weighted by Crippen LogP contribution is 2.23. The maximum Gasteiger partial charge on any atom is 0.316 e. The molecule has 8 heteroatoms. The number of benzene rings is 1. The average molecular weight is 342 g/mol. The molecule has 0 aliphatic heterocycles. The van der Waals surface area contributed by atoms with Gasteiger partial charge in [-0.05, 0) is 29.8 Å². The first kappa shape index (κ1) is 15.8. The van der Waals surface area contributed by atoms with E-state index in [0.29, 0.717) is 28.7 Å². The van der Waals surface area contributed by atoms with Crippen LogP contribution < -0.4 is 16.4 Å². The molecule has 7 nitrogen and oxygen atoms in total. The second-order valence-corrected chi connectivity index (χ2v) is 5.74. The van der Waals surface area contributed by atoms with E-state index in [2.05, 4.69) is 15.6 Å². The number of amides is 3. The van der Waals surface area contributed by atoms with Crippen molar-refractivity contribution in [2.45, 2.75) is 6.54 Å². The minimum absolute atomic E-state index is 0.261. The van der Waals surface area contributed by atoms with Gasteiger partial charge in [0.05, 0.1) is 6.26 Å². The van der Waals surface area contributed by atoms with E-state index >= 15 is 0 Å². The van der Waals surface area contributed by atoms with Gasteiger partial charge in [0, 0.05) is 17.6 Å². The van der Waals surface area contributed by atoms with Crippen molar-refractivity contribution in [1.29, 1.82) is 0 Å². The van der Waals surface area contributed by atoms with Crippen LogP contribution in [0.5, 0.6) is 0 Å². The van der Waals surface area contributed by atoms with Crippen molar-refractivity contribution in [2.75, 3.05) is 5.32 Å². The molecule has 0 saturated carbocycles. The number of nitrogens with one attached hydrogen (secondary N) is 2. The molecule has 24 heavy (non-hydrogen) atoms. The lowest BCUT2D eigenvalue weighted by molar-refractivity contribution is 0.0946. The molecule has 2 heterocycles. The second kappa shape index (κ2) is 6.97. The summed E-state index contributed by atoms with van der Waals surface area (Å²) in [6.07, 6.45) is 1.56. The van der Waals surface area contributed by atoms with E-state index in [1.54, 1.807) is 48.0 Å². The number of hydrogen-bond acceptors (Lipinski definition) is 5. The van der Waals surface area contributed by atoms with Gasteiger partial charge >= 0.3 is 6.03 Å². The van der Waals surface area contributed by atoms with Crippen molar-refractivity contribution in [3.05, 3.63) is 59.3 Å². The highest BCUT2D eigenvalue weighted by atomic mass is 32.1. The van der Waals surface area contributed by atoms with E-state index in [1.807, 2.05) is 0 Å². The molecule has 3 rings (SSSR count). The number of urea groups is 1. The zero-order valence-corrected chi connectivity index (χ0v) is 13.3. The predicted octanol–water partition coefficient (Wildman–Crippen LogP) is 2.82. The fraction of sp³-hybridized carbons (Fsp3) is 0.0625. The molecule has 0 unspecified atom stereocenters.